The molecular weight excluding hydrogens is 316 g/mol. The van der Waals surface area contributed by atoms with Crippen LogP contribution in [0.5, 0.6) is 0 Å². The van der Waals surface area contributed by atoms with Crippen molar-refractivity contribution in [1.29, 1.82) is 0 Å². The number of carbonyl (C=O) groups is 1. The van der Waals surface area contributed by atoms with E-state index in [1.165, 1.54) is 0 Å². The molecule has 0 N–H and O–H groups in total. The molecule has 0 aromatic heterocycles. The molecular formula is C21H16O4. The third-order valence-electron chi connectivity index (χ3n) is 4.34. The second-order valence-corrected chi connectivity index (χ2v) is 6.08. The maximum absolute atomic E-state index is 12.8. The molecule has 1 atom stereocenters. The summed E-state index contributed by atoms with van der Waals surface area (Å²) in [6.45, 7) is 4.71. The van der Waals surface area contributed by atoms with Gasteiger partial charge in [0.15, 0.2) is 5.43 Å². The number of fused-ring (bicyclic) bond motifs is 2. The van der Waals surface area contributed by atoms with Crippen molar-refractivity contribution in [2.24, 2.45) is 0 Å². The quantitative estimate of drug-likeness (QED) is 0.418. The number of esters is 1. The van der Waals surface area contributed by atoms with Crippen molar-refractivity contribution in [1.82, 2.24) is 0 Å². The van der Waals surface area contributed by atoms with E-state index in [1.54, 1.807) is 18.2 Å². The molecule has 1 fully saturated rings. The van der Waals surface area contributed by atoms with Gasteiger partial charge in [0, 0.05) is 10.8 Å². The summed E-state index contributed by atoms with van der Waals surface area (Å²) in [5.41, 5.74) is 0.885. The summed E-state index contributed by atoms with van der Waals surface area (Å²) in [6.07, 6.45) is 0.0165. The third-order valence-corrected chi connectivity index (χ3v) is 4.34. The largest absolute Gasteiger partial charge is 0.459 e. The SMILES string of the molecule is C=C(C(=O)OCC1CO1)c1ccc2c(=O)c3ccccc3ccc2c1. The van der Waals surface area contributed by atoms with E-state index in [1.807, 2.05) is 36.4 Å². The van der Waals surface area contributed by atoms with Gasteiger partial charge in [0.25, 0.3) is 0 Å². The maximum atomic E-state index is 12.8. The van der Waals surface area contributed by atoms with E-state index in [0.717, 1.165) is 10.8 Å². The first-order chi connectivity index (χ1) is 12.1. The van der Waals surface area contributed by atoms with E-state index in [9.17, 15) is 9.59 Å². The molecule has 4 rings (SSSR count). The van der Waals surface area contributed by atoms with Crippen LogP contribution < -0.4 is 5.43 Å². The Hall–Kier alpha value is -2.98. The standard InChI is InChI=1S/C21H16O4/c1-13(21(23)25-12-17-11-24-17)15-8-9-19-16(10-15)7-6-14-4-2-3-5-18(14)20(19)22/h2-10,17H,1,11-12H2. The predicted octanol–water partition coefficient (Wildman–Crippen LogP) is 3.31. The van der Waals surface area contributed by atoms with Gasteiger partial charge in [0.05, 0.1) is 12.2 Å². The summed E-state index contributed by atoms with van der Waals surface area (Å²) in [6, 6.07) is 16.6. The van der Waals surface area contributed by atoms with E-state index >= 15 is 0 Å². The van der Waals surface area contributed by atoms with Gasteiger partial charge in [0.1, 0.15) is 12.7 Å². The van der Waals surface area contributed by atoms with Crippen LogP contribution in [0, 0.1) is 0 Å². The highest BCUT2D eigenvalue weighted by atomic mass is 16.6. The topological polar surface area (TPSA) is 55.9 Å². The van der Waals surface area contributed by atoms with E-state index < -0.39 is 5.97 Å². The minimum absolute atomic E-state index is 0.0165. The molecule has 1 aliphatic rings. The molecule has 3 aromatic rings. The lowest BCUT2D eigenvalue weighted by Gasteiger charge is -2.06. The van der Waals surface area contributed by atoms with Crippen molar-refractivity contribution < 1.29 is 14.3 Å². The van der Waals surface area contributed by atoms with Crippen molar-refractivity contribution in [2.75, 3.05) is 13.2 Å². The molecule has 1 aliphatic heterocycles. The number of hydrogen-bond acceptors (Lipinski definition) is 4. The summed E-state index contributed by atoms with van der Waals surface area (Å²) >= 11 is 0. The third kappa shape index (κ3) is 3.04. The fourth-order valence-corrected chi connectivity index (χ4v) is 2.81. The van der Waals surface area contributed by atoms with Gasteiger partial charge in [-0.2, -0.15) is 0 Å². The zero-order valence-corrected chi connectivity index (χ0v) is 13.5. The zero-order valence-electron chi connectivity index (χ0n) is 13.5. The van der Waals surface area contributed by atoms with Crippen LogP contribution in [-0.2, 0) is 14.3 Å². The summed E-state index contributed by atoms with van der Waals surface area (Å²) in [7, 11) is 0. The van der Waals surface area contributed by atoms with Gasteiger partial charge in [-0.15, -0.1) is 0 Å². The summed E-state index contributed by atoms with van der Waals surface area (Å²) in [4.78, 5) is 24.9. The Morgan fingerprint density at radius 2 is 1.80 bits per heavy atom. The van der Waals surface area contributed by atoms with Crippen LogP contribution in [0.4, 0.5) is 0 Å². The fraction of sp³-hybridized carbons (Fsp3) is 0.143. The lowest BCUT2D eigenvalue weighted by Crippen LogP contribution is -2.11. The molecule has 0 aliphatic carbocycles. The van der Waals surface area contributed by atoms with Crippen LogP contribution in [0.15, 0.2) is 66.0 Å². The number of rotatable bonds is 4. The smallest absolute Gasteiger partial charge is 0.338 e. The molecule has 25 heavy (non-hydrogen) atoms. The summed E-state index contributed by atoms with van der Waals surface area (Å²) < 4.78 is 10.2. The number of hydrogen-bond donors (Lipinski definition) is 0. The second-order valence-electron chi connectivity index (χ2n) is 6.08. The van der Waals surface area contributed by atoms with Gasteiger partial charge in [-0.05, 0) is 28.5 Å². The van der Waals surface area contributed by atoms with Gasteiger partial charge >= 0.3 is 5.97 Å². The molecule has 0 amide bonds. The highest BCUT2D eigenvalue weighted by Gasteiger charge is 2.25. The molecule has 1 heterocycles. The van der Waals surface area contributed by atoms with Crippen LogP contribution in [-0.4, -0.2) is 25.3 Å². The molecule has 0 bridgehead atoms. The Morgan fingerprint density at radius 3 is 2.60 bits per heavy atom. The number of carbonyl (C=O) groups excluding carboxylic acids is 1. The number of ether oxygens (including phenoxy) is 2. The van der Waals surface area contributed by atoms with Gasteiger partial charge in [-0.3, -0.25) is 4.79 Å². The van der Waals surface area contributed by atoms with Crippen molar-refractivity contribution in [3.05, 3.63) is 77.0 Å². The van der Waals surface area contributed by atoms with E-state index in [2.05, 4.69) is 6.58 Å². The Kier molecular flexibility index (Phi) is 3.82. The fourth-order valence-electron chi connectivity index (χ4n) is 2.81. The monoisotopic (exact) mass is 332 g/mol. The normalized spacial score (nSPS) is 15.9. The highest BCUT2D eigenvalue weighted by Crippen LogP contribution is 2.21. The molecule has 0 radical (unpaired) electrons. The first kappa shape index (κ1) is 15.5. The Labute approximate surface area is 144 Å². The van der Waals surface area contributed by atoms with Crippen LogP contribution in [0.3, 0.4) is 0 Å². The Bertz CT molecular complexity index is 1060. The molecule has 3 aromatic carbocycles. The Morgan fingerprint density at radius 1 is 1.08 bits per heavy atom. The molecule has 4 heteroatoms. The van der Waals surface area contributed by atoms with Crippen molar-refractivity contribution in [3.8, 4) is 0 Å². The lowest BCUT2D eigenvalue weighted by atomic mass is 10.0. The average molecular weight is 332 g/mol. The predicted molar refractivity (Wildman–Crippen MR) is 97.5 cm³/mol. The van der Waals surface area contributed by atoms with Crippen molar-refractivity contribution >= 4 is 33.1 Å². The van der Waals surface area contributed by atoms with Crippen LogP contribution in [0.2, 0.25) is 0 Å². The average Bonchev–Trinajstić information content (AvgIpc) is 3.48. The Balaban J connectivity index is 1.74. The number of benzene rings is 2. The minimum Gasteiger partial charge on any atom is -0.459 e. The minimum atomic E-state index is -0.470. The van der Waals surface area contributed by atoms with Crippen molar-refractivity contribution in [3.63, 3.8) is 0 Å². The van der Waals surface area contributed by atoms with Crippen molar-refractivity contribution in [2.45, 2.75) is 6.10 Å². The highest BCUT2D eigenvalue weighted by molar-refractivity contribution is 6.16. The van der Waals surface area contributed by atoms with Crippen LogP contribution >= 0.6 is 0 Å². The molecule has 1 saturated heterocycles. The number of epoxide rings is 1. The first-order valence-electron chi connectivity index (χ1n) is 8.07. The van der Waals surface area contributed by atoms with Gasteiger partial charge < -0.3 is 9.47 Å². The van der Waals surface area contributed by atoms with Crippen LogP contribution in [0.25, 0.3) is 27.1 Å². The molecule has 0 saturated carbocycles. The molecule has 1 unspecified atom stereocenters. The summed E-state index contributed by atoms with van der Waals surface area (Å²) in [5.74, 6) is -0.470. The first-order valence-corrected chi connectivity index (χ1v) is 8.07. The zero-order chi connectivity index (χ0) is 17.4. The maximum Gasteiger partial charge on any atom is 0.338 e. The molecule has 124 valence electrons. The molecule has 0 spiro atoms. The molecule has 4 nitrogen and oxygen atoms in total. The van der Waals surface area contributed by atoms with Gasteiger partial charge in [0.2, 0.25) is 0 Å². The lowest BCUT2D eigenvalue weighted by molar-refractivity contribution is -0.137. The van der Waals surface area contributed by atoms with Gasteiger partial charge in [-0.25, -0.2) is 4.79 Å². The summed E-state index contributed by atoms with van der Waals surface area (Å²) in [5, 5.41) is 2.93. The van der Waals surface area contributed by atoms with Gasteiger partial charge in [-0.1, -0.05) is 49.0 Å². The van der Waals surface area contributed by atoms with E-state index in [-0.39, 0.29) is 23.7 Å². The second kappa shape index (κ2) is 6.15. The van der Waals surface area contributed by atoms with E-state index in [4.69, 9.17) is 9.47 Å². The van der Waals surface area contributed by atoms with Crippen LogP contribution in [0.1, 0.15) is 5.56 Å². The van der Waals surface area contributed by atoms with E-state index in [0.29, 0.717) is 22.9 Å².